The van der Waals surface area contributed by atoms with Gasteiger partial charge in [-0.05, 0) is 48.9 Å². The van der Waals surface area contributed by atoms with E-state index < -0.39 is 0 Å². The van der Waals surface area contributed by atoms with Crippen molar-refractivity contribution in [3.63, 3.8) is 0 Å². The van der Waals surface area contributed by atoms with Crippen LogP contribution in [0.4, 0.5) is 10.1 Å². The molecule has 178 valence electrons. The number of carbonyl (C=O) groups excluding carboxylic acids is 2. The number of ether oxygens (including phenoxy) is 1. The highest BCUT2D eigenvalue weighted by atomic mass is 32.1. The number of hydrogen-bond donors (Lipinski definition) is 1. The van der Waals surface area contributed by atoms with Crippen molar-refractivity contribution in [3.8, 4) is 0 Å². The first-order chi connectivity index (χ1) is 16.4. The van der Waals surface area contributed by atoms with Gasteiger partial charge in [-0.1, -0.05) is 23.5 Å². The van der Waals surface area contributed by atoms with E-state index in [-0.39, 0.29) is 23.7 Å². The molecule has 1 N–H and O–H groups in total. The standard InChI is InChI=1S/C24H26FN5O3S/c1-16-14-30(20-9-5-18(6-10-20)24(32)33-2)12-11-29(16)15-21-27-28-23(34-21)22(31)26-13-17-3-7-19(25)8-4-17/h3-10,16H,11-15H2,1-2H3,(H,26,31). The highest BCUT2D eigenvalue weighted by Crippen LogP contribution is 2.22. The van der Waals surface area contributed by atoms with Crippen molar-refractivity contribution in [1.82, 2.24) is 20.4 Å². The van der Waals surface area contributed by atoms with Crippen LogP contribution in [0.15, 0.2) is 48.5 Å². The SMILES string of the molecule is COC(=O)c1ccc(N2CCN(Cc3nnc(C(=O)NCc4ccc(F)cc4)s3)C(C)C2)cc1. The van der Waals surface area contributed by atoms with Gasteiger partial charge in [0.15, 0.2) is 0 Å². The number of halogens is 1. The molecule has 1 atom stereocenters. The molecule has 0 spiro atoms. The average molecular weight is 484 g/mol. The number of aromatic nitrogens is 2. The third-order valence-corrected chi connectivity index (χ3v) is 6.69. The van der Waals surface area contributed by atoms with E-state index in [0.29, 0.717) is 23.7 Å². The fourth-order valence-electron chi connectivity index (χ4n) is 3.83. The van der Waals surface area contributed by atoms with E-state index in [1.165, 1.54) is 30.6 Å². The molecular formula is C24H26FN5O3S. The number of hydrogen-bond acceptors (Lipinski definition) is 8. The highest BCUT2D eigenvalue weighted by Gasteiger charge is 2.25. The third kappa shape index (κ3) is 5.75. The Kier molecular flexibility index (Phi) is 7.49. The first-order valence-corrected chi connectivity index (χ1v) is 11.8. The highest BCUT2D eigenvalue weighted by molar-refractivity contribution is 7.13. The van der Waals surface area contributed by atoms with Crippen LogP contribution < -0.4 is 10.2 Å². The fourth-order valence-corrected chi connectivity index (χ4v) is 4.62. The Morgan fingerprint density at radius 1 is 1.12 bits per heavy atom. The lowest BCUT2D eigenvalue weighted by Gasteiger charge is -2.40. The number of nitrogens with one attached hydrogen (secondary N) is 1. The number of rotatable bonds is 7. The van der Waals surface area contributed by atoms with Crippen molar-refractivity contribution in [2.75, 3.05) is 31.6 Å². The van der Waals surface area contributed by atoms with Gasteiger partial charge >= 0.3 is 5.97 Å². The maximum absolute atomic E-state index is 13.0. The van der Waals surface area contributed by atoms with Gasteiger partial charge in [0.1, 0.15) is 10.8 Å². The van der Waals surface area contributed by atoms with Gasteiger partial charge in [-0.2, -0.15) is 0 Å². The summed E-state index contributed by atoms with van der Waals surface area (Å²) in [5.74, 6) is -0.943. The zero-order valence-corrected chi connectivity index (χ0v) is 19.8. The number of anilines is 1. The summed E-state index contributed by atoms with van der Waals surface area (Å²) in [6.07, 6.45) is 0. The van der Waals surface area contributed by atoms with Gasteiger partial charge < -0.3 is 15.0 Å². The van der Waals surface area contributed by atoms with E-state index >= 15 is 0 Å². The molecule has 1 unspecified atom stereocenters. The van der Waals surface area contributed by atoms with Crippen LogP contribution >= 0.6 is 11.3 Å². The molecule has 1 saturated heterocycles. The van der Waals surface area contributed by atoms with Crippen molar-refractivity contribution in [1.29, 1.82) is 0 Å². The normalized spacial score (nSPS) is 16.3. The van der Waals surface area contributed by atoms with Gasteiger partial charge in [-0.3, -0.25) is 9.69 Å². The average Bonchev–Trinajstić information content (AvgIpc) is 3.33. The van der Waals surface area contributed by atoms with Crippen LogP contribution in [-0.2, 0) is 17.8 Å². The minimum absolute atomic E-state index is 0.272. The van der Waals surface area contributed by atoms with E-state index in [1.807, 2.05) is 12.1 Å². The Bertz CT molecular complexity index is 1140. The second-order valence-corrected chi connectivity index (χ2v) is 9.18. The molecule has 8 nitrogen and oxygen atoms in total. The molecule has 0 bridgehead atoms. The van der Waals surface area contributed by atoms with Crippen LogP contribution in [0, 0.1) is 5.82 Å². The van der Waals surface area contributed by atoms with Crippen LogP contribution in [-0.4, -0.2) is 59.8 Å². The number of benzene rings is 2. The smallest absolute Gasteiger partial charge is 0.337 e. The molecule has 34 heavy (non-hydrogen) atoms. The Hall–Kier alpha value is -3.37. The van der Waals surface area contributed by atoms with Gasteiger partial charge in [-0.25, -0.2) is 9.18 Å². The maximum Gasteiger partial charge on any atom is 0.337 e. The molecule has 0 radical (unpaired) electrons. The van der Waals surface area contributed by atoms with E-state index in [2.05, 4.69) is 32.2 Å². The molecule has 1 aliphatic heterocycles. The van der Waals surface area contributed by atoms with Crippen molar-refractivity contribution < 1.29 is 18.7 Å². The number of carbonyl (C=O) groups is 2. The molecule has 1 amide bonds. The van der Waals surface area contributed by atoms with E-state index in [1.54, 1.807) is 24.3 Å². The van der Waals surface area contributed by atoms with Crippen molar-refractivity contribution in [2.24, 2.45) is 0 Å². The molecule has 3 aromatic rings. The topological polar surface area (TPSA) is 87.7 Å². The molecule has 0 saturated carbocycles. The first kappa shape index (κ1) is 23.8. The fraction of sp³-hybridized carbons (Fsp3) is 0.333. The summed E-state index contributed by atoms with van der Waals surface area (Å²) >= 11 is 1.28. The van der Waals surface area contributed by atoms with E-state index in [0.717, 1.165) is 35.9 Å². The molecular weight excluding hydrogens is 457 g/mol. The zero-order chi connectivity index (χ0) is 24.1. The second kappa shape index (κ2) is 10.7. The van der Waals surface area contributed by atoms with Gasteiger partial charge in [0.05, 0.1) is 19.2 Å². The van der Waals surface area contributed by atoms with Crippen LogP contribution in [0.1, 0.15) is 37.7 Å². The van der Waals surface area contributed by atoms with Crippen LogP contribution in [0.3, 0.4) is 0 Å². The lowest BCUT2D eigenvalue weighted by molar-refractivity contribution is 0.0600. The van der Waals surface area contributed by atoms with Crippen LogP contribution in [0.25, 0.3) is 0 Å². The summed E-state index contributed by atoms with van der Waals surface area (Å²) in [5, 5.41) is 12.1. The van der Waals surface area contributed by atoms with Gasteiger partial charge in [0.25, 0.3) is 5.91 Å². The minimum atomic E-state index is -0.342. The summed E-state index contributed by atoms with van der Waals surface area (Å²) in [4.78, 5) is 28.7. The summed E-state index contributed by atoms with van der Waals surface area (Å²) in [6.45, 7) is 5.60. The summed E-state index contributed by atoms with van der Waals surface area (Å²) < 4.78 is 17.8. The monoisotopic (exact) mass is 483 g/mol. The maximum atomic E-state index is 13.0. The number of piperazine rings is 1. The molecule has 4 rings (SSSR count). The first-order valence-electron chi connectivity index (χ1n) is 11.0. The number of methoxy groups -OCH3 is 1. The second-order valence-electron chi connectivity index (χ2n) is 8.11. The van der Waals surface area contributed by atoms with Crippen LogP contribution in [0.5, 0.6) is 0 Å². The van der Waals surface area contributed by atoms with Crippen molar-refractivity contribution in [3.05, 3.63) is 75.5 Å². The van der Waals surface area contributed by atoms with E-state index in [9.17, 15) is 14.0 Å². The molecule has 1 aliphatic rings. The quantitative estimate of drug-likeness (QED) is 0.517. The minimum Gasteiger partial charge on any atom is -0.465 e. The number of esters is 1. The van der Waals surface area contributed by atoms with E-state index in [4.69, 9.17) is 4.74 Å². The van der Waals surface area contributed by atoms with Gasteiger partial charge in [0.2, 0.25) is 5.01 Å². The molecule has 2 aromatic carbocycles. The molecule has 1 aromatic heterocycles. The Morgan fingerprint density at radius 2 is 1.85 bits per heavy atom. The molecule has 2 heterocycles. The largest absolute Gasteiger partial charge is 0.465 e. The lowest BCUT2D eigenvalue weighted by Crippen LogP contribution is -2.51. The predicted molar refractivity (Wildman–Crippen MR) is 127 cm³/mol. The summed E-state index contributed by atoms with van der Waals surface area (Å²) in [7, 11) is 1.37. The molecule has 0 aliphatic carbocycles. The van der Waals surface area contributed by atoms with Crippen LogP contribution in [0.2, 0.25) is 0 Å². The molecule has 1 fully saturated rings. The predicted octanol–water partition coefficient (Wildman–Crippen LogP) is 3.10. The summed E-state index contributed by atoms with van der Waals surface area (Å²) in [5.41, 5.74) is 2.41. The lowest BCUT2D eigenvalue weighted by atomic mass is 10.1. The van der Waals surface area contributed by atoms with Crippen molar-refractivity contribution >= 4 is 28.9 Å². The summed E-state index contributed by atoms with van der Waals surface area (Å²) in [6, 6.07) is 13.7. The zero-order valence-electron chi connectivity index (χ0n) is 19.0. The van der Waals surface area contributed by atoms with Gasteiger partial charge in [-0.15, -0.1) is 10.2 Å². The Balaban J connectivity index is 1.29. The Labute approximate surface area is 201 Å². The number of amides is 1. The molecule has 10 heteroatoms. The van der Waals surface area contributed by atoms with Crippen molar-refractivity contribution in [2.45, 2.75) is 26.1 Å². The third-order valence-electron chi connectivity index (χ3n) is 5.78. The number of nitrogens with zero attached hydrogens (tertiary/aromatic N) is 4. The van der Waals surface area contributed by atoms with Gasteiger partial charge in [0, 0.05) is 37.9 Å². The Morgan fingerprint density at radius 3 is 2.53 bits per heavy atom.